The number of rotatable bonds is 8. The van der Waals surface area contributed by atoms with Crippen molar-refractivity contribution in [2.75, 3.05) is 19.5 Å². The summed E-state index contributed by atoms with van der Waals surface area (Å²) in [5.74, 6) is -1.37. The molecule has 3 rings (SSSR count). The molecule has 166 valence electrons. The highest BCUT2D eigenvalue weighted by atomic mass is 32.2. The highest BCUT2D eigenvalue weighted by molar-refractivity contribution is 7.99. The Morgan fingerprint density at radius 2 is 1.94 bits per heavy atom. The third-order valence-electron chi connectivity index (χ3n) is 5.24. The lowest BCUT2D eigenvalue weighted by atomic mass is 9.95. The van der Waals surface area contributed by atoms with Crippen LogP contribution in [-0.4, -0.2) is 46.7 Å². The average molecular weight is 447 g/mol. The van der Waals surface area contributed by atoms with E-state index in [1.54, 1.807) is 23.6 Å². The minimum atomic E-state index is -0.563. The molecule has 0 saturated heterocycles. The molecule has 1 aliphatic carbocycles. The van der Waals surface area contributed by atoms with Gasteiger partial charge in [-0.25, -0.2) is 9.78 Å². The van der Waals surface area contributed by atoms with Crippen LogP contribution in [0.5, 0.6) is 0 Å². The zero-order chi connectivity index (χ0) is 22.4. The lowest BCUT2D eigenvalue weighted by molar-refractivity contribution is -0.145. The third-order valence-corrected chi connectivity index (χ3v) is 6.25. The van der Waals surface area contributed by atoms with Crippen molar-refractivity contribution < 1.29 is 23.9 Å². The molecule has 0 spiro atoms. The first kappa shape index (κ1) is 23.0. The molecule has 0 atom stereocenters. The van der Waals surface area contributed by atoms with Crippen molar-refractivity contribution in [3.63, 3.8) is 0 Å². The van der Waals surface area contributed by atoms with Gasteiger partial charge < -0.3 is 9.47 Å². The van der Waals surface area contributed by atoms with Crippen molar-refractivity contribution in [2.24, 2.45) is 0 Å². The maximum absolute atomic E-state index is 13.3. The summed E-state index contributed by atoms with van der Waals surface area (Å²) in [5.41, 5.74) is 0.487. The predicted octanol–water partition coefficient (Wildman–Crippen LogP) is 3.30. The SMILES string of the molecule is CCOC(=O)CC(=O)CSc1nc2cc(C(=O)OC)ccc2c(=O)n1C1CCCCC1. The Morgan fingerprint density at radius 3 is 2.61 bits per heavy atom. The Hall–Kier alpha value is -2.68. The van der Waals surface area contributed by atoms with Crippen molar-refractivity contribution in [2.45, 2.75) is 56.6 Å². The van der Waals surface area contributed by atoms with Gasteiger partial charge in [-0.2, -0.15) is 0 Å². The largest absolute Gasteiger partial charge is 0.466 e. The number of Topliss-reactive ketones (excluding diaryl/α,β-unsaturated/α-hetero) is 1. The van der Waals surface area contributed by atoms with Crippen LogP contribution in [0.4, 0.5) is 0 Å². The number of thioether (sulfide) groups is 1. The Kier molecular flexibility index (Phi) is 7.84. The van der Waals surface area contributed by atoms with Crippen molar-refractivity contribution >= 4 is 40.4 Å². The van der Waals surface area contributed by atoms with Crippen LogP contribution < -0.4 is 5.56 Å². The summed E-state index contributed by atoms with van der Waals surface area (Å²) < 4.78 is 11.3. The molecule has 0 N–H and O–H groups in total. The van der Waals surface area contributed by atoms with Crippen molar-refractivity contribution in [3.05, 3.63) is 34.1 Å². The summed E-state index contributed by atoms with van der Waals surface area (Å²) in [4.78, 5) is 53.6. The molecule has 0 unspecified atom stereocenters. The van der Waals surface area contributed by atoms with Crippen LogP contribution in [0.1, 0.15) is 61.8 Å². The summed E-state index contributed by atoms with van der Waals surface area (Å²) >= 11 is 1.14. The van der Waals surface area contributed by atoms with E-state index in [4.69, 9.17) is 9.47 Å². The number of carbonyl (C=O) groups excluding carboxylic acids is 3. The van der Waals surface area contributed by atoms with Gasteiger partial charge in [0.25, 0.3) is 5.56 Å². The quantitative estimate of drug-likeness (QED) is 0.263. The molecule has 1 saturated carbocycles. The number of nitrogens with zero attached hydrogens (tertiary/aromatic N) is 2. The van der Waals surface area contributed by atoms with E-state index < -0.39 is 11.9 Å². The molecule has 1 heterocycles. The first-order valence-electron chi connectivity index (χ1n) is 10.4. The highest BCUT2D eigenvalue weighted by Gasteiger charge is 2.23. The fourth-order valence-corrected chi connectivity index (χ4v) is 4.68. The minimum Gasteiger partial charge on any atom is -0.466 e. The Balaban J connectivity index is 1.96. The molecule has 31 heavy (non-hydrogen) atoms. The second kappa shape index (κ2) is 10.6. The van der Waals surface area contributed by atoms with Gasteiger partial charge in [0, 0.05) is 6.04 Å². The van der Waals surface area contributed by atoms with Gasteiger partial charge in [-0.3, -0.25) is 19.0 Å². The van der Waals surface area contributed by atoms with Gasteiger partial charge in [0.2, 0.25) is 0 Å². The van der Waals surface area contributed by atoms with E-state index in [0.29, 0.717) is 21.6 Å². The van der Waals surface area contributed by atoms with Gasteiger partial charge in [-0.1, -0.05) is 31.0 Å². The molecule has 0 amide bonds. The average Bonchev–Trinajstić information content (AvgIpc) is 2.77. The standard InChI is InChI=1S/C22H26N2O6S/c1-3-30-19(26)12-16(25)13-31-22-23-18-11-14(21(28)29-2)9-10-17(18)20(27)24(22)15-7-5-4-6-8-15/h9-11,15H,3-8,12-13H2,1-2H3. The van der Waals surface area contributed by atoms with Gasteiger partial charge in [0.1, 0.15) is 6.42 Å². The second-order valence-electron chi connectivity index (χ2n) is 7.39. The summed E-state index contributed by atoms with van der Waals surface area (Å²) in [6, 6.07) is 4.69. The molecular weight excluding hydrogens is 420 g/mol. The Labute approximate surface area is 184 Å². The van der Waals surface area contributed by atoms with Gasteiger partial charge in [-0.05, 0) is 38.0 Å². The molecule has 1 fully saturated rings. The number of ketones is 1. The first-order valence-corrected chi connectivity index (χ1v) is 11.4. The van der Waals surface area contributed by atoms with Crippen molar-refractivity contribution in [1.29, 1.82) is 0 Å². The van der Waals surface area contributed by atoms with Crippen molar-refractivity contribution in [3.8, 4) is 0 Å². The van der Waals surface area contributed by atoms with Crippen LogP contribution in [-0.2, 0) is 19.1 Å². The molecule has 9 heteroatoms. The van der Waals surface area contributed by atoms with E-state index in [-0.39, 0.29) is 36.2 Å². The normalized spacial score (nSPS) is 14.4. The number of aromatic nitrogens is 2. The van der Waals surface area contributed by atoms with Gasteiger partial charge in [-0.15, -0.1) is 0 Å². The number of ether oxygens (including phenoxy) is 2. The summed E-state index contributed by atoms with van der Waals surface area (Å²) in [6.07, 6.45) is 4.63. The van der Waals surface area contributed by atoms with Crippen LogP contribution in [0.25, 0.3) is 10.9 Å². The van der Waals surface area contributed by atoms with Gasteiger partial charge in [0.15, 0.2) is 10.9 Å². The molecule has 1 aliphatic rings. The fourth-order valence-electron chi connectivity index (χ4n) is 3.76. The van der Waals surface area contributed by atoms with Crippen LogP contribution in [0.15, 0.2) is 28.2 Å². The number of benzene rings is 1. The van der Waals surface area contributed by atoms with Crippen LogP contribution in [0.3, 0.4) is 0 Å². The lowest BCUT2D eigenvalue weighted by Crippen LogP contribution is -2.29. The fraction of sp³-hybridized carbons (Fsp3) is 0.500. The molecule has 0 bridgehead atoms. The zero-order valence-electron chi connectivity index (χ0n) is 17.7. The maximum Gasteiger partial charge on any atom is 0.337 e. The van der Waals surface area contributed by atoms with E-state index in [2.05, 4.69) is 4.98 Å². The monoisotopic (exact) mass is 446 g/mol. The first-order chi connectivity index (χ1) is 14.9. The molecule has 0 radical (unpaired) electrons. The predicted molar refractivity (Wildman–Crippen MR) is 116 cm³/mol. The number of carbonyl (C=O) groups is 3. The summed E-state index contributed by atoms with van der Waals surface area (Å²) in [5, 5.41) is 0.837. The molecular formula is C22H26N2O6S. The number of methoxy groups -OCH3 is 1. The number of esters is 2. The number of hydrogen-bond acceptors (Lipinski definition) is 8. The van der Waals surface area contributed by atoms with Crippen molar-refractivity contribution in [1.82, 2.24) is 9.55 Å². The van der Waals surface area contributed by atoms with E-state index in [1.807, 2.05) is 0 Å². The van der Waals surface area contributed by atoms with E-state index in [0.717, 1.165) is 43.9 Å². The minimum absolute atomic E-state index is 0.000172. The Morgan fingerprint density at radius 1 is 1.19 bits per heavy atom. The molecule has 2 aromatic rings. The van der Waals surface area contributed by atoms with E-state index >= 15 is 0 Å². The molecule has 8 nitrogen and oxygen atoms in total. The molecule has 1 aromatic heterocycles. The highest BCUT2D eigenvalue weighted by Crippen LogP contribution is 2.31. The topological polar surface area (TPSA) is 105 Å². The zero-order valence-corrected chi connectivity index (χ0v) is 18.5. The Bertz CT molecular complexity index is 1040. The summed E-state index contributed by atoms with van der Waals surface area (Å²) in [7, 11) is 1.29. The summed E-state index contributed by atoms with van der Waals surface area (Å²) in [6.45, 7) is 1.90. The lowest BCUT2D eigenvalue weighted by Gasteiger charge is -2.26. The number of fused-ring (bicyclic) bond motifs is 1. The molecule has 0 aliphatic heterocycles. The molecule has 1 aromatic carbocycles. The van der Waals surface area contributed by atoms with Crippen LogP contribution >= 0.6 is 11.8 Å². The van der Waals surface area contributed by atoms with E-state index in [9.17, 15) is 19.2 Å². The smallest absolute Gasteiger partial charge is 0.337 e. The maximum atomic E-state index is 13.3. The third kappa shape index (κ3) is 5.52. The van der Waals surface area contributed by atoms with Gasteiger partial charge >= 0.3 is 11.9 Å². The van der Waals surface area contributed by atoms with Crippen LogP contribution in [0, 0.1) is 0 Å². The second-order valence-corrected chi connectivity index (χ2v) is 8.34. The number of hydrogen-bond donors (Lipinski definition) is 0. The van der Waals surface area contributed by atoms with Gasteiger partial charge in [0.05, 0.1) is 35.9 Å². The van der Waals surface area contributed by atoms with E-state index in [1.165, 1.54) is 13.2 Å². The van der Waals surface area contributed by atoms with Crippen LogP contribution in [0.2, 0.25) is 0 Å².